The zero-order valence-electron chi connectivity index (χ0n) is 12.2. The lowest BCUT2D eigenvalue weighted by molar-refractivity contribution is 0.105. The maximum atomic E-state index is 3.58. The fraction of sp³-hybridized carbons (Fsp3) is 1.00. The van der Waals surface area contributed by atoms with E-state index in [1.54, 1.807) is 0 Å². The van der Waals surface area contributed by atoms with Crippen molar-refractivity contribution >= 4 is 0 Å². The van der Waals surface area contributed by atoms with Crippen LogP contribution in [0.1, 0.15) is 34.1 Å². The molecule has 0 aliphatic carbocycles. The Bertz CT molecular complexity index is 186. The van der Waals surface area contributed by atoms with Gasteiger partial charge in [-0.3, -0.25) is 4.90 Å². The van der Waals surface area contributed by atoms with E-state index >= 15 is 0 Å². The van der Waals surface area contributed by atoms with Crippen LogP contribution < -0.4 is 5.32 Å². The summed E-state index contributed by atoms with van der Waals surface area (Å²) < 4.78 is 0. The predicted molar refractivity (Wildman–Crippen MR) is 75.5 cm³/mol. The smallest absolute Gasteiger partial charge is 0.0193 e. The summed E-state index contributed by atoms with van der Waals surface area (Å²) in [5, 5.41) is 3.58. The van der Waals surface area contributed by atoms with E-state index in [9.17, 15) is 0 Å². The Morgan fingerprint density at radius 3 is 2.24 bits per heavy atom. The van der Waals surface area contributed by atoms with Crippen molar-refractivity contribution in [2.24, 2.45) is 5.92 Å². The highest BCUT2D eigenvalue weighted by Crippen LogP contribution is 2.05. The van der Waals surface area contributed by atoms with Gasteiger partial charge in [0.25, 0.3) is 0 Å². The quantitative estimate of drug-likeness (QED) is 0.684. The molecule has 1 unspecified atom stereocenters. The summed E-state index contributed by atoms with van der Waals surface area (Å²) in [7, 11) is 0. The molecular formula is C14H31N3. The van der Waals surface area contributed by atoms with E-state index in [4.69, 9.17) is 0 Å². The first-order chi connectivity index (χ1) is 8.13. The van der Waals surface area contributed by atoms with Gasteiger partial charge in [0.1, 0.15) is 0 Å². The molecule has 1 aliphatic heterocycles. The third-order valence-corrected chi connectivity index (χ3v) is 3.82. The van der Waals surface area contributed by atoms with Crippen molar-refractivity contribution in [1.29, 1.82) is 0 Å². The fourth-order valence-corrected chi connectivity index (χ4v) is 2.35. The van der Waals surface area contributed by atoms with E-state index in [0.717, 1.165) is 19.0 Å². The Labute approximate surface area is 108 Å². The number of nitrogens with zero attached hydrogens (tertiary/aromatic N) is 2. The van der Waals surface area contributed by atoms with Crippen molar-refractivity contribution in [1.82, 2.24) is 15.1 Å². The summed E-state index contributed by atoms with van der Waals surface area (Å²) in [6.07, 6.45) is 1.29. The molecule has 0 aromatic rings. The Balaban J connectivity index is 2.09. The van der Waals surface area contributed by atoms with Gasteiger partial charge in [-0.2, -0.15) is 0 Å². The topological polar surface area (TPSA) is 18.5 Å². The van der Waals surface area contributed by atoms with Gasteiger partial charge in [0, 0.05) is 38.8 Å². The summed E-state index contributed by atoms with van der Waals surface area (Å²) in [5.74, 6) is 0.811. The van der Waals surface area contributed by atoms with E-state index in [1.807, 2.05) is 0 Å². The average molecular weight is 241 g/mol. The van der Waals surface area contributed by atoms with Crippen molar-refractivity contribution in [2.75, 3.05) is 45.8 Å². The van der Waals surface area contributed by atoms with Crippen LogP contribution in [0.25, 0.3) is 0 Å². The number of likely N-dealkylation sites (N-methyl/N-ethyl adjacent to an activating group) is 1. The molecule has 0 radical (unpaired) electrons. The summed E-state index contributed by atoms with van der Waals surface area (Å²) in [4.78, 5) is 5.16. The molecule has 0 spiro atoms. The highest BCUT2D eigenvalue weighted by molar-refractivity contribution is 4.76. The molecule has 1 fully saturated rings. The third kappa shape index (κ3) is 5.84. The second-order valence-electron chi connectivity index (χ2n) is 5.71. The zero-order chi connectivity index (χ0) is 12.7. The van der Waals surface area contributed by atoms with E-state index in [2.05, 4.69) is 42.8 Å². The van der Waals surface area contributed by atoms with Gasteiger partial charge >= 0.3 is 0 Å². The molecule has 1 N–H and O–H groups in total. The van der Waals surface area contributed by atoms with Crippen LogP contribution in [0.4, 0.5) is 0 Å². The maximum absolute atomic E-state index is 3.58. The molecule has 3 nitrogen and oxygen atoms in total. The number of rotatable bonds is 7. The Hall–Kier alpha value is -0.120. The van der Waals surface area contributed by atoms with Gasteiger partial charge in [-0.25, -0.2) is 0 Å². The van der Waals surface area contributed by atoms with Crippen LogP contribution in [-0.4, -0.2) is 61.7 Å². The molecule has 1 heterocycles. The van der Waals surface area contributed by atoms with Gasteiger partial charge in [0.15, 0.2) is 0 Å². The van der Waals surface area contributed by atoms with Gasteiger partial charge in [-0.05, 0) is 32.4 Å². The summed E-state index contributed by atoms with van der Waals surface area (Å²) in [6, 6.07) is 0.682. The molecule has 1 atom stereocenters. The minimum atomic E-state index is 0.682. The normalized spacial score (nSPS) is 21.0. The SMILES string of the molecule is CCN1CCN(C(C)CNCCC(C)C)CC1. The first-order valence-electron chi connectivity index (χ1n) is 7.30. The van der Waals surface area contributed by atoms with E-state index in [1.165, 1.54) is 39.1 Å². The fourth-order valence-electron chi connectivity index (χ4n) is 2.35. The summed E-state index contributed by atoms with van der Waals surface area (Å²) in [6.45, 7) is 17.6. The highest BCUT2D eigenvalue weighted by Gasteiger charge is 2.19. The lowest BCUT2D eigenvalue weighted by Gasteiger charge is -2.37. The predicted octanol–water partition coefficient (Wildman–Crippen LogP) is 1.65. The Kier molecular flexibility index (Phi) is 7.09. The molecule has 1 saturated heterocycles. The Morgan fingerprint density at radius 1 is 1.06 bits per heavy atom. The standard InChI is InChI=1S/C14H31N3/c1-5-16-8-10-17(11-9-16)14(4)12-15-7-6-13(2)3/h13-15H,5-12H2,1-4H3. The molecule has 1 rings (SSSR count). The minimum Gasteiger partial charge on any atom is -0.315 e. The average Bonchev–Trinajstić information content (AvgIpc) is 2.34. The second kappa shape index (κ2) is 8.06. The molecular weight excluding hydrogens is 210 g/mol. The van der Waals surface area contributed by atoms with Crippen LogP contribution in [0.2, 0.25) is 0 Å². The van der Waals surface area contributed by atoms with Crippen molar-refractivity contribution in [2.45, 2.75) is 40.2 Å². The monoisotopic (exact) mass is 241 g/mol. The summed E-state index contributed by atoms with van der Waals surface area (Å²) in [5.41, 5.74) is 0. The molecule has 3 heteroatoms. The lowest BCUT2D eigenvalue weighted by Crippen LogP contribution is -2.51. The van der Waals surface area contributed by atoms with Gasteiger partial charge in [0.2, 0.25) is 0 Å². The van der Waals surface area contributed by atoms with Crippen molar-refractivity contribution in [3.8, 4) is 0 Å². The Morgan fingerprint density at radius 2 is 1.71 bits per heavy atom. The first kappa shape index (κ1) is 14.9. The minimum absolute atomic E-state index is 0.682. The van der Waals surface area contributed by atoms with Crippen LogP contribution in [0.15, 0.2) is 0 Å². The van der Waals surface area contributed by atoms with Crippen LogP contribution in [-0.2, 0) is 0 Å². The van der Waals surface area contributed by atoms with Gasteiger partial charge in [-0.15, -0.1) is 0 Å². The molecule has 0 aromatic heterocycles. The van der Waals surface area contributed by atoms with Crippen molar-refractivity contribution in [3.05, 3.63) is 0 Å². The molecule has 0 amide bonds. The summed E-state index contributed by atoms with van der Waals surface area (Å²) >= 11 is 0. The number of hydrogen-bond donors (Lipinski definition) is 1. The number of hydrogen-bond acceptors (Lipinski definition) is 3. The molecule has 102 valence electrons. The van der Waals surface area contributed by atoms with Crippen LogP contribution >= 0.6 is 0 Å². The second-order valence-corrected chi connectivity index (χ2v) is 5.71. The van der Waals surface area contributed by atoms with E-state index < -0.39 is 0 Å². The van der Waals surface area contributed by atoms with Crippen LogP contribution in [0, 0.1) is 5.92 Å². The van der Waals surface area contributed by atoms with Gasteiger partial charge in [0.05, 0.1) is 0 Å². The molecule has 0 bridgehead atoms. The molecule has 0 aromatic carbocycles. The molecule has 17 heavy (non-hydrogen) atoms. The number of nitrogens with one attached hydrogen (secondary N) is 1. The van der Waals surface area contributed by atoms with Gasteiger partial charge in [-0.1, -0.05) is 20.8 Å². The van der Waals surface area contributed by atoms with E-state index in [-0.39, 0.29) is 0 Å². The van der Waals surface area contributed by atoms with Crippen molar-refractivity contribution in [3.63, 3.8) is 0 Å². The lowest BCUT2D eigenvalue weighted by atomic mass is 10.1. The highest BCUT2D eigenvalue weighted by atomic mass is 15.3. The van der Waals surface area contributed by atoms with Crippen LogP contribution in [0.3, 0.4) is 0 Å². The van der Waals surface area contributed by atoms with Crippen LogP contribution in [0.5, 0.6) is 0 Å². The largest absolute Gasteiger partial charge is 0.315 e. The third-order valence-electron chi connectivity index (χ3n) is 3.82. The molecule has 1 aliphatic rings. The van der Waals surface area contributed by atoms with Gasteiger partial charge < -0.3 is 10.2 Å². The number of piperazine rings is 1. The van der Waals surface area contributed by atoms with E-state index in [0.29, 0.717) is 6.04 Å². The first-order valence-corrected chi connectivity index (χ1v) is 7.30. The maximum Gasteiger partial charge on any atom is 0.0193 e. The zero-order valence-corrected chi connectivity index (χ0v) is 12.2. The molecule has 0 saturated carbocycles. The van der Waals surface area contributed by atoms with Crippen molar-refractivity contribution < 1.29 is 0 Å².